The second-order valence-electron chi connectivity index (χ2n) is 5.04. The van der Waals surface area contributed by atoms with E-state index in [1.54, 1.807) is 36.6 Å². The van der Waals surface area contributed by atoms with Crippen molar-refractivity contribution >= 4 is 44.0 Å². The van der Waals surface area contributed by atoms with E-state index in [1.165, 1.54) is 0 Å². The Kier molecular flexibility index (Phi) is 7.87. The van der Waals surface area contributed by atoms with Crippen LogP contribution in [0.4, 0.5) is 0 Å². The van der Waals surface area contributed by atoms with Crippen LogP contribution >= 0.6 is 31.9 Å². The predicted molar refractivity (Wildman–Crippen MR) is 110 cm³/mol. The van der Waals surface area contributed by atoms with Crippen LogP contribution in [0.3, 0.4) is 0 Å². The lowest BCUT2D eigenvalue weighted by molar-refractivity contribution is 0.0954. The van der Waals surface area contributed by atoms with Gasteiger partial charge in [0, 0.05) is 4.47 Å². The first-order valence-electron chi connectivity index (χ1n) is 7.84. The van der Waals surface area contributed by atoms with Gasteiger partial charge in [0.1, 0.15) is 6.61 Å². The van der Waals surface area contributed by atoms with Gasteiger partial charge < -0.3 is 9.47 Å². The molecule has 7 heteroatoms. The van der Waals surface area contributed by atoms with Crippen molar-refractivity contribution < 1.29 is 14.3 Å². The first-order chi connectivity index (χ1) is 12.6. The first kappa shape index (κ1) is 20.2. The molecular formula is C19H18Br2N2O3. The SMILES string of the molecule is C=CCOc1c(Br)cc(/C=N\NC(=O)c2ccccc2Br)cc1OCC. The van der Waals surface area contributed by atoms with Crippen LogP contribution in [0.25, 0.3) is 0 Å². The van der Waals surface area contributed by atoms with Crippen molar-refractivity contribution in [3.8, 4) is 11.5 Å². The van der Waals surface area contributed by atoms with E-state index in [2.05, 4.69) is 49.0 Å². The van der Waals surface area contributed by atoms with E-state index in [0.29, 0.717) is 34.7 Å². The van der Waals surface area contributed by atoms with Gasteiger partial charge in [-0.15, -0.1) is 0 Å². The van der Waals surface area contributed by atoms with Crippen LogP contribution in [0, 0.1) is 0 Å². The van der Waals surface area contributed by atoms with Gasteiger partial charge in [-0.25, -0.2) is 5.43 Å². The molecule has 136 valence electrons. The van der Waals surface area contributed by atoms with E-state index in [-0.39, 0.29) is 5.91 Å². The number of ether oxygens (including phenoxy) is 2. The Morgan fingerprint density at radius 3 is 2.69 bits per heavy atom. The molecule has 0 radical (unpaired) electrons. The fourth-order valence-electron chi connectivity index (χ4n) is 2.08. The minimum absolute atomic E-state index is 0.302. The fourth-order valence-corrected chi connectivity index (χ4v) is 3.12. The van der Waals surface area contributed by atoms with E-state index in [4.69, 9.17) is 9.47 Å². The molecule has 2 rings (SSSR count). The highest BCUT2D eigenvalue weighted by atomic mass is 79.9. The largest absolute Gasteiger partial charge is 0.490 e. The third kappa shape index (κ3) is 5.44. The molecule has 0 spiro atoms. The Labute approximate surface area is 169 Å². The van der Waals surface area contributed by atoms with Gasteiger partial charge in [-0.1, -0.05) is 24.8 Å². The zero-order valence-corrected chi connectivity index (χ0v) is 17.3. The van der Waals surface area contributed by atoms with Gasteiger partial charge in [0.25, 0.3) is 5.91 Å². The first-order valence-corrected chi connectivity index (χ1v) is 9.43. The topological polar surface area (TPSA) is 59.9 Å². The zero-order valence-electron chi connectivity index (χ0n) is 14.2. The second-order valence-corrected chi connectivity index (χ2v) is 6.75. The maximum absolute atomic E-state index is 12.1. The molecule has 0 heterocycles. The molecule has 0 aliphatic rings. The number of carbonyl (C=O) groups is 1. The van der Waals surface area contributed by atoms with Crippen LogP contribution in [0.15, 0.2) is 63.1 Å². The lowest BCUT2D eigenvalue weighted by Crippen LogP contribution is -2.18. The summed E-state index contributed by atoms with van der Waals surface area (Å²) in [5, 5.41) is 4.01. The maximum atomic E-state index is 12.1. The summed E-state index contributed by atoms with van der Waals surface area (Å²) in [7, 11) is 0. The van der Waals surface area contributed by atoms with Crippen molar-refractivity contribution in [3.05, 3.63) is 69.1 Å². The Bertz CT molecular complexity index is 822. The van der Waals surface area contributed by atoms with Crippen LogP contribution in [0.2, 0.25) is 0 Å². The monoisotopic (exact) mass is 480 g/mol. The Balaban J connectivity index is 2.15. The third-order valence-electron chi connectivity index (χ3n) is 3.18. The van der Waals surface area contributed by atoms with Crippen molar-refractivity contribution in [2.75, 3.05) is 13.2 Å². The van der Waals surface area contributed by atoms with Crippen molar-refractivity contribution in [3.63, 3.8) is 0 Å². The molecule has 2 aromatic carbocycles. The number of benzene rings is 2. The summed E-state index contributed by atoms with van der Waals surface area (Å²) < 4.78 is 12.7. The van der Waals surface area contributed by atoms with Crippen LogP contribution in [-0.4, -0.2) is 25.3 Å². The number of hydrazone groups is 1. The van der Waals surface area contributed by atoms with Crippen LogP contribution in [-0.2, 0) is 0 Å². The summed E-state index contributed by atoms with van der Waals surface area (Å²) in [4.78, 5) is 12.1. The molecule has 1 N–H and O–H groups in total. The summed E-state index contributed by atoms with van der Waals surface area (Å²) in [6, 6.07) is 10.8. The molecular weight excluding hydrogens is 464 g/mol. The molecule has 0 aliphatic carbocycles. The standard InChI is InChI=1S/C19H18Br2N2O3/c1-3-9-26-18-16(21)10-13(11-17(18)25-4-2)12-22-23-19(24)14-7-5-6-8-15(14)20/h3,5-8,10-12H,1,4,9H2,2H3,(H,23,24)/b22-12-. The third-order valence-corrected chi connectivity index (χ3v) is 4.46. The lowest BCUT2D eigenvalue weighted by atomic mass is 10.2. The summed E-state index contributed by atoms with van der Waals surface area (Å²) in [6.07, 6.45) is 3.20. The average Bonchev–Trinajstić information content (AvgIpc) is 2.61. The van der Waals surface area contributed by atoms with Crippen LogP contribution in [0.5, 0.6) is 11.5 Å². The van der Waals surface area contributed by atoms with Gasteiger partial charge in [0.2, 0.25) is 0 Å². The highest BCUT2D eigenvalue weighted by Gasteiger charge is 2.12. The van der Waals surface area contributed by atoms with Gasteiger partial charge >= 0.3 is 0 Å². The summed E-state index contributed by atoms with van der Waals surface area (Å²) in [6.45, 7) is 6.40. The van der Waals surface area contributed by atoms with Crippen LogP contribution < -0.4 is 14.9 Å². The van der Waals surface area contributed by atoms with Crippen molar-refractivity contribution in [1.82, 2.24) is 5.43 Å². The lowest BCUT2D eigenvalue weighted by Gasteiger charge is -2.13. The minimum Gasteiger partial charge on any atom is -0.490 e. The highest BCUT2D eigenvalue weighted by molar-refractivity contribution is 9.10. The van der Waals surface area contributed by atoms with Gasteiger partial charge in [-0.05, 0) is 68.6 Å². The van der Waals surface area contributed by atoms with Crippen LogP contribution in [0.1, 0.15) is 22.8 Å². The molecule has 1 amide bonds. The molecule has 0 fully saturated rings. The van der Waals surface area contributed by atoms with Crippen molar-refractivity contribution in [2.45, 2.75) is 6.92 Å². The minimum atomic E-state index is -0.302. The van der Waals surface area contributed by atoms with Crippen molar-refractivity contribution in [1.29, 1.82) is 0 Å². The fraction of sp³-hybridized carbons (Fsp3) is 0.158. The number of nitrogens with one attached hydrogen (secondary N) is 1. The molecule has 0 saturated heterocycles. The Morgan fingerprint density at radius 1 is 1.23 bits per heavy atom. The maximum Gasteiger partial charge on any atom is 0.272 e. The molecule has 0 aliphatic heterocycles. The predicted octanol–water partition coefficient (Wildman–Crippen LogP) is 4.94. The number of amides is 1. The molecule has 0 aromatic heterocycles. The van der Waals surface area contributed by atoms with E-state index >= 15 is 0 Å². The number of carbonyl (C=O) groups excluding carboxylic acids is 1. The Morgan fingerprint density at radius 2 is 2.00 bits per heavy atom. The summed E-state index contributed by atoms with van der Waals surface area (Å²) in [5.41, 5.74) is 3.77. The number of hydrogen-bond donors (Lipinski definition) is 1. The molecule has 0 atom stereocenters. The molecule has 0 bridgehead atoms. The summed E-state index contributed by atoms with van der Waals surface area (Å²) >= 11 is 6.81. The van der Waals surface area contributed by atoms with Gasteiger partial charge in [0.05, 0.1) is 22.9 Å². The average molecular weight is 482 g/mol. The molecule has 5 nitrogen and oxygen atoms in total. The highest BCUT2D eigenvalue weighted by Crippen LogP contribution is 2.36. The number of nitrogens with zero attached hydrogens (tertiary/aromatic N) is 1. The quantitative estimate of drug-likeness (QED) is 0.330. The number of rotatable bonds is 8. The normalized spacial score (nSPS) is 10.6. The number of halogens is 2. The smallest absolute Gasteiger partial charge is 0.272 e. The van der Waals surface area contributed by atoms with E-state index in [1.807, 2.05) is 19.1 Å². The van der Waals surface area contributed by atoms with E-state index < -0.39 is 0 Å². The molecule has 26 heavy (non-hydrogen) atoms. The molecule has 2 aromatic rings. The molecule has 0 saturated carbocycles. The van der Waals surface area contributed by atoms with Crippen molar-refractivity contribution in [2.24, 2.45) is 5.10 Å². The van der Waals surface area contributed by atoms with E-state index in [9.17, 15) is 4.79 Å². The van der Waals surface area contributed by atoms with Gasteiger partial charge in [0.15, 0.2) is 11.5 Å². The zero-order chi connectivity index (χ0) is 18.9. The Hall–Kier alpha value is -2.12. The number of hydrogen-bond acceptors (Lipinski definition) is 4. The second kappa shape index (κ2) is 10.1. The van der Waals surface area contributed by atoms with Gasteiger partial charge in [-0.2, -0.15) is 5.10 Å². The van der Waals surface area contributed by atoms with E-state index in [0.717, 1.165) is 10.0 Å². The van der Waals surface area contributed by atoms with Gasteiger partial charge in [-0.3, -0.25) is 4.79 Å². The summed E-state index contributed by atoms with van der Waals surface area (Å²) in [5.74, 6) is 0.882. The molecule has 0 unspecified atom stereocenters.